The fraction of sp³-hybridized carbons (Fsp3) is 0.217. The van der Waals surface area contributed by atoms with E-state index in [1.54, 1.807) is 18.2 Å². The molecule has 8 nitrogen and oxygen atoms in total. The Morgan fingerprint density at radius 3 is 2.45 bits per heavy atom. The van der Waals surface area contributed by atoms with Gasteiger partial charge >= 0.3 is 11.1 Å². The van der Waals surface area contributed by atoms with Crippen LogP contribution in [0, 0.1) is 0 Å². The summed E-state index contributed by atoms with van der Waals surface area (Å²) in [6.45, 7) is 0. The number of aromatic amines is 2. The lowest BCUT2D eigenvalue weighted by atomic mass is 10.1. The van der Waals surface area contributed by atoms with Crippen molar-refractivity contribution in [2.75, 3.05) is 5.32 Å². The number of fused-ring (bicyclic) bond motifs is 2. The molecule has 0 atom stereocenters. The van der Waals surface area contributed by atoms with Crippen molar-refractivity contribution in [2.24, 2.45) is 0 Å². The van der Waals surface area contributed by atoms with Crippen molar-refractivity contribution in [3.63, 3.8) is 0 Å². The predicted octanol–water partition coefficient (Wildman–Crippen LogP) is 2.92. The second-order valence-electron chi connectivity index (χ2n) is 7.70. The number of hydrogen-bond acceptors (Lipinski definition) is 4. The van der Waals surface area contributed by atoms with Gasteiger partial charge in [0.2, 0.25) is 0 Å². The van der Waals surface area contributed by atoms with Crippen molar-refractivity contribution in [3.8, 4) is 5.69 Å². The first-order valence-electron chi connectivity index (χ1n) is 10.3. The van der Waals surface area contributed by atoms with Gasteiger partial charge in [-0.3, -0.25) is 14.4 Å². The van der Waals surface area contributed by atoms with E-state index < -0.39 is 11.1 Å². The molecule has 2 heterocycles. The van der Waals surface area contributed by atoms with E-state index in [0.29, 0.717) is 22.4 Å². The first-order chi connectivity index (χ1) is 15.1. The molecule has 0 spiro atoms. The van der Waals surface area contributed by atoms with Crippen molar-refractivity contribution in [3.05, 3.63) is 86.2 Å². The topological polar surface area (TPSA) is 113 Å². The second kappa shape index (κ2) is 7.71. The van der Waals surface area contributed by atoms with Gasteiger partial charge in [-0.15, -0.1) is 0 Å². The van der Waals surface area contributed by atoms with E-state index in [4.69, 9.17) is 0 Å². The molecule has 5 rings (SSSR count). The summed E-state index contributed by atoms with van der Waals surface area (Å²) in [5.74, 6) is -0.293. The molecular weight excluding hydrogens is 394 g/mol. The number of hydrogen-bond donors (Lipinski definition) is 3. The minimum atomic E-state index is -0.733. The number of H-pyrrole nitrogens is 2. The summed E-state index contributed by atoms with van der Waals surface area (Å²) in [5.41, 5.74) is 3.45. The Bertz CT molecular complexity index is 1400. The SMILES string of the molecule is O=C(Nc1ccc2[nH]c(=O)c(=O)[nH]c2c1)c1nn(-c2ccccc2)c2c1CCCCC2. The molecule has 0 aliphatic heterocycles. The summed E-state index contributed by atoms with van der Waals surface area (Å²) in [6.07, 6.45) is 4.92. The van der Waals surface area contributed by atoms with Gasteiger partial charge in [-0.1, -0.05) is 24.6 Å². The molecule has 1 aliphatic rings. The third-order valence-electron chi connectivity index (χ3n) is 5.63. The van der Waals surface area contributed by atoms with Crippen LogP contribution in [-0.2, 0) is 12.8 Å². The number of nitrogens with zero attached hydrogens (tertiary/aromatic N) is 2. The van der Waals surface area contributed by atoms with E-state index in [0.717, 1.165) is 49.0 Å². The molecule has 2 aromatic heterocycles. The van der Waals surface area contributed by atoms with Gasteiger partial charge in [0.1, 0.15) is 0 Å². The molecule has 3 N–H and O–H groups in total. The van der Waals surface area contributed by atoms with Crippen molar-refractivity contribution in [1.82, 2.24) is 19.7 Å². The van der Waals surface area contributed by atoms with Gasteiger partial charge in [-0.05, 0) is 56.0 Å². The molecule has 31 heavy (non-hydrogen) atoms. The first-order valence-corrected chi connectivity index (χ1v) is 10.3. The summed E-state index contributed by atoms with van der Waals surface area (Å²) < 4.78 is 1.89. The van der Waals surface area contributed by atoms with Crippen LogP contribution in [0.1, 0.15) is 41.0 Å². The van der Waals surface area contributed by atoms with Crippen molar-refractivity contribution < 1.29 is 4.79 Å². The van der Waals surface area contributed by atoms with Gasteiger partial charge < -0.3 is 15.3 Å². The summed E-state index contributed by atoms with van der Waals surface area (Å²) in [4.78, 5) is 41.3. The van der Waals surface area contributed by atoms with Crippen LogP contribution in [0.15, 0.2) is 58.1 Å². The Hall–Kier alpha value is -3.94. The van der Waals surface area contributed by atoms with Crippen LogP contribution in [0.4, 0.5) is 5.69 Å². The number of anilines is 1. The van der Waals surface area contributed by atoms with Crippen LogP contribution >= 0.6 is 0 Å². The minimum absolute atomic E-state index is 0.293. The summed E-state index contributed by atoms with van der Waals surface area (Å²) >= 11 is 0. The molecule has 0 radical (unpaired) electrons. The number of benzene rings is 2. The zero-order valence-corrected chi connectivity index (χ0v) is 16.8. The Balaban J connectivity index is 1.53. The molecule has 1 aliphatic carbocycles. The van der Waals surface area contributed by atoms with E-state index in [1.807, 2.05) is 35.0 Å². The third kappa shape index (κ3) is 3.56. The number of carbonyl (C=O) groups is 1. The molecule has 0 saturated heterocycles. The lowest BCUT2D eigenvalue weighted by molar-refractivity contribution is 0.102. The fourth-order valence-corrected chi connectivity index (χ4v) is 4.12. The Labute approximate surface area is 176 Å². The van der Waals surface area contributed by atoms with Gasteiger partial charge in [0.05, 0.1) is 16.7 Å². The highest BCUT2D eigenvalue weighted by Crippen LogP contribution is 2.27. The lowest BCUT2D eigenvalue weighted by Gasteiger charge is -2.06. The van der Waals surface area contributed by atoms with Crippen LogP contribution in [0.5, 0.6) is 0 Å². The lowest BCUT2D eigenvalue weighted by Crippen LogP contribution is -2.28. The second-order valence-corrected chi connectivity index (χ2v) is 7.70. The molecular formula is C23H21N5O3. The van der Waals surface area contributed by atoms with E-state index in [2.05, 4.69) is 20.4 Å². The van der Waals surface area contributed by atoms with Gasteiger partial charge in [-0.25, -0.2) is 4.68 Å². The average molecular weight is 415 g/mol. The monoisotopic (exact) mass is 415 g/mol. The van der Waals surface area contributed by atoms with E-state index in [1.165, 1.54) is 0 Å². The number of nitrogens with one attached hydrogen (secondary N) is 3. The molecule has 8 heteroatoms. The summed E-state index contributed by atoms with van der Waals surface area (Å²) in [5, 5.41) is 7.58. The minimum Gasteiger partial charge on any atom is -0.321 e. The molecule has 156 valence electrons. The molecule has 0 fully saturated rings. The van der Waals surface area contributed by atoms with Gasteiger partial charge in [0.25, 0.3) is 5.91 Å². The number of carbonyl (C=O) groups excluding carboxylic acids is 1. The normalized spacial score (nSPS) is 13.5. The molecule has 0 unspecified atom stereocenters. The Morgan fingerprint density at radius 1 is 0.903 bits per heavy atom. The number of aromatic nitrogens is 4. The fourth-order valence-electron chi connectivity index (χ4n) is 4.12. The third-order valence-corrected chi connectivity index (χ3v) is 5.63. The molecule has 2 aromatic carbocycles. The highest BCUT2D eigenvalue weighted by atomic mass is 16.2. The highest BCUT2D eigenvalue weighted by Gasteiger charge is 2.25. The quantitative estimate of drug-likeness (QED) is 0.353. The van der Waals surface area contributed by atoms with Crippen molar-refractivity contribution in [1.29, 1.82) is 0 Å². The van der Waals surface area contributed by atoms with Gasteiger partial charge in [0, 0.05) is 16.9 Å². The van der Waals surface area contributed by atoms with Crippen molar-refractivity contribution in [2.45, 2.75) is 32.1 Å². The summed E-state index contributed by atoms with van der Waals surface area (Å²) in [7, 11) is 0. The number of amides is 1. The van der Waals surface area contributed by atoms with Crippen LogP contribution in [0.2, 0.25) is 0 Å². The van der Waals surface area contributed by atoms with Gasteiger partial charge in [0.15, 0.2) is 5.69 Å². The Morgan fingerprint density at radius 2 is 1.65 bits per heavy atom. The number of rotatable bonds is 3. The van der Waals surface area contributed by atoms with Crippen LogP contribution in [0.25, 0.3) is 16.7 Å². The molecule has 1 amide bonds. The van der Waals surface area contributed by atoms with Crippen LogP contribution < -0.4 is 16.4 Å². The molecule has 0 bridgehead atoms. The Kier molecular flexibility index (Phi) is 4.74. The maximum atomic E-state index is 13.2. The maximum Gasteiger partial charge on any atom is 0.314 e. The zero-order valence-electron chi connectivity index (χ0n) is 16.8. The predicted molar refractivity (Wildman–Crippen MR) is 118 cm³/mol. The highest BCUT2D eigenvalue weighted by molar-refractivity contribution is 6.04. The van der Waals surface area contributed by atoms with Crippen LogP contribution in [-0.4, -0.2) is 25.7 Å². The summed E-state index contributed by atoms with van der Waals surface area (Å²) in [6, 6.07) is 14.8. The smallest absolute Gasteiger partial charge is 0.314 e. The van der Waals surface area contributed by atoms with E-state index in [9.17, 15) is 14.4 Å². The average Bonchev–Trinajstić information content (AvgIpc) is 2.96. The van der Waals surface area contributed by atoms with E-state index in [-0.39, 0.29) is 5.91 Å². The standard InChI is InChI=1S/C23H21N5O3/c29-21(24-14-11-12-17-18(13-14)26-23(31)22(30)25-17)20-16-9-5-2-6-10-19(16)28(27-20)15-7-3-1-4-8-15/h1,3-4,7-8,11-13H,2,5-6,9-10H2,(H,24,29)(H,25,30)(H,26,31). The van der Waals surface area contributed by atoms with Gasteiger partial charge in [-0.2, -0.15) is 5.10 Å². The van der Waals surface area contributed by atoms with Crippen LogP contribution in [0.3, 0.4) is 0 Å². The zero-order chi connectivity index (χ0) is 21.4. The maximum absolute atomic E-state index is 13.2. The first kappa shape index (κ1) is 19.0. The number of para-hydroxylation sites is 1. The molecule has 0 saturated carbocycles. The largest absolute Gasteiger partial charge is 0.321 e. The molecule has 4 aromatic rings. The van der Waals surface area contributed by atoms with E-state index >= 15 is 0 Å². The van der Waals surface area contributed by atoms with Crippen molar-refractivity contribution >= 4 is 22.6 Å².